The van der Waals surface area contributed by atoms with E-state index in [4.69, 9.17) is 11.6 Å². The van der Waals surface area contributed by atoms with Gasteiger partial charge in [0.05, 0.1) is 3.79 Å². The van der Waals surface area contributed by atoms with Crippen LogP contribution in [0.5, 0.6) is 0 Å². The highest BCUT2D eigenvalue weighted by atomic mass is 79.9. The summed E-state index contributed by atoms with van der Waals surface area (Å²) < 4.78 is 1.73. The Labute approximate surface area is 59.2 Å². The van der Waals surface area contributed by atoms with Crippen molar-refractivity contribution in [2.75, 3.05) is 0 Å². The van der Waals surface area contributed by atoms with Crippen LogP contribution in [-0.2, 0) is 0 Å². The standard InChI is InChI=1S/C4HBrClS/c5-3-1-2-4(6)7-3/h1H. The van der Waals surface area contributed by atoms with Gasteiger partial charge in [0.25, 0.3) is 0 Å². The molecule has 0 saturated carbocycles. The molecule has 0 aliphatic rings. The van der Waals surface area contributed by atoms with Gasteiger partial charge in [0.2, 0.25) is 0 Å². The van der Waals surface area contributed by atoms with Crippen molar-refractivity contribution in [2.45, 2.75) is 0 Å². The predicted octanol–water partition coefficient (Wildman–Crippen LogP) is 2.96. The first-order chi connectivity index (χ1) is 3.29. The lowest BCUT2D eigenvalue weighted by molar-refractivity contribution is 1.93. The summed E-state index contributed by atoms with van der Waals surface area (Å²) in [4.78, 5) is 0. The van der Waals surface area contributed by atoms with Crippen molar-refractivity contribution in [1.29, 1.82) is 0 Å². The smallest absolute Gasteiger partial charge is 0.102 e. The Kier molecular flexibility index (Phi) is 1.73. The number of hydrogen-bond donors (Lipinski definition) is 0. The molecule has 1 aromatic heterocycles. The summed E-state index contributed by atoms with van der Waals surface area (Å²) in [5, 5.41) is 0. The van der Waals surface area contributed by atoms with Crippen LogP contribution in [0.15, 0.2) is 9.85 Å². The molecule has 1 aromatic rings. The Morgan fingerprint density at radius 1 is 1.86 bits per heavy atom. The molecule has 1 rings (SSSR count). The molecule has 0 aromatic carbocycles. The van der Waals surface area contributed by atoms with E-state index < -0.39 is 0 Å². The molecule has 7 heavy (non-hydrogen) atoms. The molecule has 0 amide bonds. The second kappa shape index (κ2) is 2.16. The zero-order chi connectivity index (χ0) is 5.28. The number of halogens is 2. The fraction of sp³-hybridized carbons (Fsp3) is 0. The maximum Gasteiger partial charge on any atom is 0.102 e. The highest BCUT2D eigenvalue weighted by molar-refractivity contribution is 9.11. The molecule has 0 unspecified atom stereocenters. The SMILES string of the molecule is Clc1[c]cc(Br)s1. The van der Waals surface area contributed by atoms with Crippen molar-refractivity contribution in [3.63, 3.8) is 0 Å². The average Bonchev–Trinajstić information content (AvgIpc) is 1.87. The van der Waals surface area contributed by atoms with Crippen LogP contribution in [0.25, 0.3) is 0 Å². The monoisotopic (exact) mass is 195 g/mol. The topological polar surface area (TPSA) is 0 Å². The van der Waals surface area contributed by atoms with Crippen molar-refractivity contribution in [3.8, 4) is 0 Å². The van der Waals surface area contributed by atoms with Crippen LogP contribution < -0.4 is 0 Å². The molecule has 0 atom stereocenters. The predicted molar refractivity (Wildman–Crippen MR) is 35.9 cm³/mol. The lowest BCUT2D eigenvalue weighted by Gasteiger charge is -1.66. The van der Waals surface area contributed by atoms with Gasteiger partial charge in [0, 0.05) is 6.07 Å². The summed E-state index contributed by atoms with van der Waals surface area (Å²) in [6.07, 6.45) is 0. The summed E-state index contributed by atoms with van der Waals surface area (Å²) in [5.74, 6) is 0. The molecule has 37 valence electrons. The molecule has 0 spiro atoms. The number of thiophene rings is 1. The van der Waals surface area contributed by atoms with Crippen molar-refractivity contribution >= 4 is 38.9 Å². The highest BCUT2D eigenvalue weighted by Crippen LogP contribution is 2.24. The van der Waals surface area contributed by atoms with Crippen molar-refractivity contribution in [3.05, 3.63) is 20.3 Å². The van der Waals surface area contributed by atoms with Gasteiger partial charge < -0.3 is 0 Å². The molecule has 0 bridgehead atoms. The summed E-state index contributed by atoms with van der Waals surface area (Å²) in [5.41, 5.74) is 0. The van der Waals surface area contributed by atoms with Gasteiger partial charge in [0.15, 0.2) is 0 Å². The van der Waals surface area contributed by atoms with Crippen LogP contribution >= 0.6 is 38.9 Å². The largest absolute Gasteiger partial charge is 0.116 e. The summed E-state index contributed by atoms with van der Waals surface area (Å²) >= 11 is 10.2. The summed E-state index contributed by atoms with van der Waals surface area (Å²) in [6.45, 7) is 0. The van der Waals surface area contributed by atoms with Crippen molar-refractivity contribution in [2.24, 2.45) is 0 Å². The number of hydrogen-bond acceptors (Lipinski definition) is 1. The minimum atomic E-state index is 0.701. The molecule has 0 aliphatic carbocycles. The van der Waals surface area contributed by atoms with E-state index in [-0.39, 0.29) is 0 Å². The first kappa shape index (κ1) is 5.60. The molecule has 0 N–H and O–H groups in total. The van der Waals surface area contributed by atoms with Gasteiger partial charge >= 0.3 is 0 Å². The zero-order valence-corrected chi connectivity index (χ0v) is 6.40. The van der Waals surface area contributed by atoms with E-state index in [1.165, 1.54) is 11.3 Å². The quantitative estimate of drug-likeness (QED) is 0.598. The van der Waals surface area contributed by atoms with Crippen LogP contribution in [0, 0.1) is 6.07 Å². The van der Waals surface area contributed by atoms with Crippen LogP contribution in [-0.4, -0.2) is 0 Å². The average molecular weight is 196 g/mol. The first-order valence-electron chi connectivity index (χ1n) is 1.61. The van der Waals surface area contributed by atoms with Crippen molar-refractivity contribution < 1.29 is 0 Å². The Bertz CT molecular complexity index is 144. The van der Waals surface area contributed by atoms with Gasteiger partial charge in [0.1, 0.15) is 4.34 Å². The third kappa shape index (κ3) is 1.44. The molecule has 0 fully saturated rings. The van der Waals surface area contributed by atoms with Gasteiger partial charge in [-0.05, 0) is 22.0 Å². The zero-order valence-electron chi connectivity index (χ0n) is 3.24. The molecule has 0 saturated heterocycles. The van der Waals surface area contributed by atoms with E-state index in [1.54, 1.807) is 6.07 Å². The maximum atomic E-state index is 5.49. The second-order valence-corrected chi connectivity index (χ2v) is 4.00. The van der Waals surface area contributed by atoms with E-state index in [0.717, 1.165) is 3.79 Å². The molecular weight excluding hydrogens is 195 g/mol. The Hall–Kier alpha value is 0.470. The van der Waals surface area contributed by atoms with Gasteiger partial charge in [-0.15, -0.1) is 11.3 Å². The van der Waals surface area contributed by atoms with E-state index in [9.17, 15) is 0 Å². The van der Waals surface area contributed by atoms with Crippen LogP contribution in [0.1, 0.15) is 0 Å². The van der Waals surface area contributed by atoms with Crippen LogP contribution in [0.2, 0.25) is 4.34 Å². The van der Waals surface area contributed by atoms with E-state index in [1.807, 2.05) is 0 Å². The lowest BCUT2D eigenvalue weighted by Crippen LogP contribution is -1.32. The first-order valence-corrected chi connectivity index (χ1v) is 3.60. The molecular formula is C4HBrClS. The second-order valence-electron chi connectivity index (χ2n) is 0.969. The van der Waals surface area contributed by atoms with Gasteiger partial charge in [-0.25, -0.2) is 0 Å². The molecule has 0 aliphatic heterocycles. The van der Waals surface area contributed by atoms with Gasteiger partial charge in [-0.2, -0.15) is 0 Å². The fourth-order valence-electron chi connectivity index (χ4n) is 0.258. The number of rotatable bonds is 0. The minimum absolute atomic E-state index is 0.701. The third-order valence-electron chi connectivity index (χ3n) is 0.486. The van der Waals surface area contributed by atoms with Gasteiger partial charge in [-0.1, -0.05) is 11.6 Å². The lowest BCUT2D eigenvalue weighted by atomic mass is 10.7. The molecule has 1 radical (unpaired) electrons. The minimum Gasteiger partial charge on any atom is -0.116 e. The van der Waals surface area contributed by atoms with Crippen LogP contribution in [0.4, 0.5) is 0 Å². The van der Waals surface area contributed by atoms with E-state index in [0.29, 0.717) is 4.34 Å². The summed E-state index contributed by atoms with van der Waals surface area (Å²) in [7, 11) is 0. The third-order valence-corrected chi connectivity index (χ3v) is 2.15. The summed E-state index contributed by atoms with van der Waals surface area (Å²) in [6, 6.07) is 4.60. The van der Waals surface area contributed by atoms with E-state index >= 15 is 0 Å². The molecule has 3 heteroatoms. The Morgan fingerprint density at radius 2 is 2.57 bits per heavy atom. The Morgan fingerprint density at radius 3 is 2.71 bits per heavy atom. The normalized spacial score (nSPS) is 9.43. The molecule has 1 heterocycles. The Balaban J connectivity index is 3.04. The highest BCUT2D eigenvalue weighted by Gasteiger charge is 1.89. The van der Waals surface area contributed by atoms with Crippen LogP contribution in [0.3, 0.4) is 0 Å². The maximum absolute atomic E-state index is 5.49. The van der Waals surface area contributed by atoms with E-state index in [2.05, 4.69) is 22.0 Å². The molecule has 0 nitrogen and oxygen atoms in total. The van der Waals surface area contributed by atoms with Crippen molar-refractivity contribution in [1.82, 2.24) is 0 Å². The fourth-order valence-corrected chi connectivity index (χ4v) is 1.85. The van der Waals surface area contributed by atoms with Gasteiger partial charge in [-0.3, -0.25) is 0 Å².